The maximum absolute atomic E-state index is 13.6. The number of carbonyl (C=O) groups excluding carboxylic acids is 1. The first kappa shape index (κ1) is 28.8. The second kappa shape index (κ2) is 12.9. The number of thiocarbonyl (C=S) groups is 1. The van der Waals surface area contributed by atoms with Crippen LogP contribution >= 0.6 is 24.0 Å². The van der Waals surface area contributed by atoms with Crippen molar-refractivity contribution < 1.29 is 4.79 Å². The third-order valence-electron chi connectivity index (χ3n) is 7.91. The SMILES string of the molecule is CCCn1c(N2CCC(Cc3ccccc3)CC2)c(/C=C2/SC(=S)N(Cc3ccccc3)C2=O)c(C)c(C#N)c1=O. The van der Waals surface area contributed by atoms with Crippen LogP contribution in [0.3, 0.4) is 0 Å². The first-order valence-corrected chi connectivity index (χ1v) is 15.4. The highest BCUT2D eigenvalue weighted by molar-refractivity contribution is 8.26. The van der Waals surface area contributed by atoms with E-state index in [1.165, 1.54) is 17.3 Å². The normalized spacial score (nSPS) is 17.0. The summed E-state index contributed by atoms with van der Waals surface area (Å²) in [6.45, 7) is 6.37. The third kappa shape index (κ3) is 6.17. The lowest BCUT2D eigenvalue weighted by molar-refractivity contribution is -0.122. The highest BCUT2D eigenvalue weighted by atomic mass is 32.2. The van der Waals surface area contributed by atoms with Crippen LogP contribution in [0.4, 0.5) is 5.82 Å². The molecule has 0 aliphatic carbocycles. The van der Waals surface area contributed by atoms with Gasteiger partial charge in [0.1, 0.15) is 21.8 Å². The van der Waals surface area contributed by atoms with Crippen molar-refractivity contribution in [2.24, 2.45) is 5.92 Å². The average Bonchev–Trinajstić information content (AvgIpc) is 3.25. The number of piperidine rings is 1. The Labute approximate surface area is 251 Å². The molecule has 6 nitrogen and oxygen atoms in total. The van der Waals surface area contributed by atoms with Crippen molar-refractivity contribution in [3.05, 3.63) is 104 Å². The zero-order valence-electron chi connectivity index (χ0n) is 23.5. The van der Waals surface area contributed by atoms with Crippen LogP contribution in [0, 0.1) is 24.2 Å². The molecule has 8 heteroatoms. The van der Waals surface area contributed by atoms with E-state index in [-0.39, 0.29) is 17.0 Å². The number of pyridine rings is 1. The van der Waals surface area contributed by atoms with E-state index in [2.05, 4.69) is 35.2 Å². The molecule has 2 aromatic carbocycles. The quantitative estimate of drug-likeness (QED) is 0.229. The molecule has 3 heterocycles. The maximum Gasteiger partial charge on any atom is 0.270 e. The van der Waals surface area contributed by atoms with Crippen LogP contribution in [0.1, 0.15) is 54.0 Å². The number of anilines is 1. The molecule has 5 rings (SSSR count). The Balaban J connectivity index is 1.50. The number of benzene rings is 2. The van der Waals surface area contributed by atoms with Crippen molar-refractivity contribution in [1.82, 2.24) is 9.47 Å². The molecular weight excluding hydrogens is 549 g/mol. The molecule has 0 atom stereocenters. The Bertz CT molecular complexity index is 1570. The van der Waals surface area contributed by atoms with Gasteiger partial charge in [-0.05, 0) is 61.3 Å². The minimum absolute atomic E-state index is 0.132. The van der Waals surface area contributed by atoms with Gasteiger partial charge in [0.2, 0.25) is 0 Å². The van der Waals surface area contributed by atoms with Gasteiger partial charge in [0.05, 0.1) is 11.4 Å². The Morgan fingerprint density at radius 2 is 1.66 bits per heavy atom. The Morgan fingerprint density at radius 3 is 2.27 bits per heavy atom. The molecule has 0 bridgehead atoms. The molecule has 2 saturated heterocycles. The standard InChI is InChI=1S/C33H34N4O2S2/c1-3-16-36-30(35-17-14-25(15-18-35)19-24-10-6-4-7-11-24)27(23(2)28(21-34)31(36)38)20-29-32(39)37(33(40)41-29)22-26-12-8-5-9-13-26/h4-13,20,25H,3,14-19,22H2,1-2H3/b29-20+. The molecule has 0 unspecified atom stereocenters. The zero-order chi connectivity index (χ0) is 28.9. The molecular formula is C33H34N4O2S2. The van der Waals surface area contributed by atoms with Crippen molar-refractivity contribution in [2.75, 3.05) is 18.0 Å². The number of amides is 1. The van der Waals surface area contributed by atoms with Crippen molar-refractivity contribution in [3.8, 4) is 6.07 Å². The lowest BCUT2D eigenvalue weighted by Crippen LogP contribution is -2.40. The lowest BCUT2D eigenvalue weighted by atomic mass is 9.90. The number of hydrogen-bond donors (Lipinski definition) is 0. The second-order valence-corrected chi connectivity index (χ2v) is 12.4. The highest BCUT2D eigenvalue weighted by Gasteiger charge is 2.34. The number of nitriles is 1. The fourth-order valence-corrected chi connectivity index (χ4v) is 6.98. The van der Waals surface area contributed by atoms with E-state index in [0.717, 1.165) is 55.7 Å². The minimum atomic E-state index is -0.262. The van der Waals surface area contributed by atoms with E-state index >= 15 is 0 Å². The molecule has 1 aromatic heterocycles. The van der Waals surface area contributed by atoms with Gasteiger partial charge in [0, 0.05) is 25.2 Å². The molecule has 210 valence electrons. The van der Waals surface area contributed by atoms with Crippen molar-refractivity contribution in [3.63, 3.8) is 0 Å². The molecule has 2 fully saturated rings. The van der Waals surface area contributed by atoms with Crippen LogP contribution in [0.5, 0.6) is 0 Å². The summed E-state index contributed by atoms with van der Waals surface area (Å²) in [6.07, 6.45) is 5.67. The van der Waals surface area contributed by atoms with E-state index in [9.17, 15) is 14.9 Å². The molecule has 2 aliphatic rings. The maximum atomic E-state index is 13.6. The summed E-state index contributed by atoms with van der Waals surface area (Å²) in [6, 6.07) is 22.5. The van der Waals surface area contributed by atoms with E-state index in [0.29, 0.717) is 33.8 Å². The Hall–Kier alpha value is -3.67. The van der Waals surface area contributed by atoms with Gasteiger partial charge in [-0.15, -0.1) is 0 Å². The molecule has 2 aliphatic heterocycles. The van der Waals surface area contributed by atoms with Gasteiger partial charge in [-0.25, -0.2) is 0 Å². The van der Waals surface area contributed by atoms with Crippen LogP contribution in [-0.2, 0) is 24.3 Å². The Kier molecular flexibility index (Phi) is 9.06. The summed E-state index contributed by atoms with van der Waals surface area (Å²) in [4.78, 5) is 31.5. The van der Waals surface area contributed by atoms with Gasteiger partial charge in [-0.3, -0.25) is 19.1 Å². The summed E-state index contributed by atoms with van der Waals surface area (Å²) in [5, 5.41) is 9.95. The van der Waals surface area contributed by atoms with Gasteiger partial charge in [-0.2, -0.15) is 5.26 Å². The molecule has 0 N–H and O–H groups in total. The summed E-state index contributed by atoms with van der Waals surface area (Å²) >= 11 is 6.89. The van der Waals surface area contributed by atoms with Crippen molar-refractivity contribution in [1.29, 1.82) is 5.26 Å². The second-order valence-electron chi connectivity index (χ2n) is 10.7. The van der Waals surface area contributed by atoms with Crippen LogP contribution in [-0.4, -0.2) is 32.8 Å². The number of rotatable bonds is 8. The Morgan fingerprint density at radius 1 is 1.02 bits per heavy atom. The minimum Gasteiger partial charge on any atom is -0.357 e. The van der Waals surface area contributed by atoms with Crippen LogP contribution in [0.25, 0.3) is 6.08 Å². The van der Waals surface area contributed by atoms with Gasteiger partial charge >= 0.3 is 0 Å². The number of thioether (sulfide) groups is 1. The van der Waals surface area contributed by atoms with Crippen LogP contribution in [0.2, 0.25) is 0 Å². The van der Waals surface area contributed by atoms with E-state index in [1.807, 2.05) is 56.3 Å². The largest absolute Gasteiger partial charge is 0.357 e. The molecule has 0 radical (unpaired) electrons. The third-order valence-corrected chi connectivity index (χ3v) is 9.29. The lowest BCUT2D eigenvalue weighted by Gasteiger charge is -2.36. The summed E-state index contributed by atoms with van der Waals surface area (Å²) in [5.41, 5.74) is 3.59. The molecule has 3 aromatic rings. The molecule has 0 spiro atoms. The number of nitrogens with zero attached hydrogens (tertiary/aromatic N) is 4. The highest BCUT2D eigenvalue weighted by Crippen LogP contribution is 2.37. The topological polar surface area (TPSA) is 69.3 Å². The van der Waals surface area contributed by atoms with Gasteiger partial charge in [-0.1, -0.05) is 91.6 Å². The predicted molar refractivity (Wildman–Crippen MR) is 171 cm³/mol. The van der Waals surface area contributed by atoms with Gasteiger partial charge in [0.15, 0.2) is 0 Å². The van der Waals surface area contributed by atoms with Crippen molar-refractivity contribution in [2.45, 2.75) is 52.6 Å². The monoisotopic (exact) mass is 582 g/mol. The van der Waals surface area contributed by atoms with Gasteiger partial charge < -0.3 is 4.90 Å². The van der Waals surface area contributed by atoms with Crippen LogP contribution < -0.4 is 10.5 Å². The average molecular weight is 583 g/mol. The number of hydrogen-bond acceptors (Lipinski definition) is 6. The van der Waals surface area contributed by atoms with Gasteiger partial charge in [0.25, 0.3) is 11.5 Å². The zero-order valence-corrected chi connectivity index (χ0v) is 25.1. The fraction of sp³-hybridized carbons (Fsp3) is 0.333. The van der Waals surface area contributed by atoms with Crippen molar-refractivity contribution >= 4 is 46.1 Å². The fourth-order valence-electron chi connectivity index (χ4n) is 5.75. The molecule has 41 heavy (non-hydrogen) atoms. The van der Waals surface area contributed by atoms with E-state index in [4.69, 9.17) is 12.2 Å². The van der Waals surface area contributed by atoms with E-state index < -0.39 is 0 Å². The molecule has 0 saturated carbocycles. The first-order valence-electron chi connectivity index (χ1n) is 14.2. The van der Waals surface area contributed by atoms with E-state index in [1.54, 1.807) is 9.47 Å². The smallest absolute Gasteiger partial charge is 0.270 e. The summed E-state index contributed by atoms with van der Waals surface area (Å²) in [5.74, 6) is 1.22. The number of carbonyl (C=O) groups is 1. The van der Waals surface area contributed by atoms with Crippen LogP contribution in [0.15, 0.2) is 70.4 Å². The summed E-state index contributed by atoms with van der Waals surface area (Å²) < 4.78 is 2.26. The summed E-state index contributed by atoms with van der Waals surface area (Å²) in [7, 11) is 0. The molecule has 1 amide bonds. The first-order chi connectivity index (χ1) is 19.9. The number of aromatic nitrogens is 1. The predicted octanol–water partition coefficient (Wildman–Crippen LogP) is 6.30.